The number of carbonyl (C=O) groups excluding carboxylic acids is 1. The molecule has 1 heterocycles. The van der Waals surface area contributed by atoms with Crippen LogP contribution in [0.25, 0.3) is 0 Å². The van der Waals surface area contributed by atoms with Gasteiger partial charge in [-0.2, -0.15) is 0 Å². The van der Waals surface area contributed by atoms with Crippen LogP contribution in [0.4, 0.5) is 10.1 Å². The third kappa shape index (κ3) is 5.13. The summed E-state index contributed by atoms with van der Waals surface area (Å²) in [6, 6.07) is 12.7. The fraction of sp³-hybridized carbons (Fsp3) is 0.381. The van der Waals surface area contributed by atoms with E-state index < -0.39 is 10.0 Å². The number of carbonyl (C=O) groups is 1. The van der Waals surface area contributed by atoms with Crippen LogP contribution < -0.4 is 9.62 Å². The van der Waals surface area contributed by atoms with E-state index in [0.29, 0.717) is 44.0 Å². The van der Waals surface area contributed by atoms with Gasteiger partial charge < -0.3 is 9.80 Å². The van der Waals surface area contributed by atoms with Crippen LogP contribution in [-0.4, -0.2) is 51.9 Å². The summed E-state index contributed by atoms with van der Waals surface area (Å²) in [6.07, 6.45) is 1.64. The molecule has 1 saturated heterocycles. The van der Waals surface area contributed by atoms with Crippen LogP contribution >= 0.6 is 0 Å². The minimum absolute atomic E-state index is 0.0874. The van der Waals surface area contributed by atoms with Crippen molar-refractivity contribution >= 4 is 21.6 Å². The number of halogens is 1. The Bertz CT molecular complexity index is 957. The molecule has 1 N–H and O–H groups in total. The first-order chi connectivity index (χ1) is 13.9. The van der Waals surface area contributed by atoms with Crippen molar-refractivity contribution in [2.24, 2.45) is 0 Å². The lowest BCUT2D eigenvalue weighted by Crippen LogP contribution is -2.49. The Hall–Kier alpha value is -2.45. The van der Waals surface area contributed by atoms with Gasteiger partial charge in [-0.05, 0) is 36.8 Å². The minimum atomic E-state index is -3.64. The van der Waals surface area contributed by atoms with E-state index in [4.69, 9.17) is 0 Å². The van der Waals surface area contributed by atoms with Crippen molar-refractivity contribution in [1.82, 2.24) is 9.62 Å². The van der Waals surface area contributed by atoms with Crippen molar-refractivity contribution in [1.29, 1.82) is 0 Å². The van der Waals surface area contributed by atoms with Gasteiger partial charge in [0.05, 0.1) is 10.6 Å². The van der Waals surface area contributed by atoms with Crippen molar-refractivity contribution in [3.63, 3.8) is 0 Å². The molecule has 0 radical (unpaired) electrons. The molecule has 0 saturated carbocycles. The van der Waals surface area contributed by atoms with E-state index in [1.165, 1.54) is 18.2 Å². The van der Waals surface area contributed by atoms with Gasteiger partial charge in [0.25, 0.3) is 5.91 Å². The van der Waals surface area contributed by atoms with Crippen LogP contribution in [0.15, 0.2) is 53.4 Å². The molecule has 6 nitrogen and oxygen atoms in total. The van der Waals surface area contributed by atoms with Gasteiger partial charge in [-0.25, -0.2) is 17.5 Å². The Balaban J connectivity index is 1.66. The van der Waals surface area contributed by atoms with Crippen molar-refractivity contribution in [2.75, 3.05) is 37.6 Å². The van der Waals surface area contributed by atoms with Gasteiger partial charge in [0.15, 0.2) is 0 Å². The molecule has 1 aliphatic heterocycles. The highest BCUT2D eigenvalue weighted by Crippen LogP contribution is 2.21. The minimum Gasteiger partial charge on any atom is -0.366 e. The molecule has 0 atom stereocenters. The maximum atomic E-state index is 14.0. The number of nitrogens with one attached hydrogen (secondary N) is 1. The molecule has 156 valence electrons. The standard InChI is InChI=1S/C21H26FN3O3S/c1-2-3-11-23-29(27,28)18-8-6-7-17(16-18)21(26)25-14-12-24(13-15-25)20-10-5-4-9-19(20)22/h4-10,16,23H,2-3,11-15H2,1H3. The van der Waals surface area contributed by atoms with Crippen LogP contribution in [0.1, 0.15) is 30.1 Å². The number of hydrogen-bond acceptors (Lipinski definition) is 4. The molecule has 3 rings (SSSR count). The SMILES string of the molecule is CCCCNS(=O)(=O)c1cccc(C(=O)N2CCN(c3ccccc3F)CC2)c1. The van der Waals surface area contributed by atoms with E-state index in [-0.39, 0.29) is 16.6 Å². The van der Waals surface area contributed by atoms with E-state index >= 15 is 0 Å². The van der Waals surface area contributed by atoms with E-state index in [0.717, 1.165) is 12.8 Å². The zero-order valence-electron chi connectivity index (χ0n) is 16.5. The second kappa shape index (κ2) is 9.37. The lowest BCUT2D eigenvalue weighted by atomic mass is 10.1. The molecule has 29 heavy (non-hydrogen) atoms. The Morgan fingerprint density at radius 3 is 2.48 bits per heavy atom. The number of piperazine rings is 1. The number of benzene rings is 2. The van der Waals surface area contributed by atoms with Crippen LogP contribution in [0, 0.1) is 5.82 Å². The van der Waals surface area contributed by atoms with Gasteiger partial charge in [0.2, 0.25) is 10.0 Å². The first kappa shape index (κ1) is 21.3. The molecule has 1 fully saturated rings. The van der Waals surface area contributed by atoms with Crippen molar-refractivity contribution < 1.29 is 17.6 Å². The Labute approximate surface area is 171 Å². The average molecular weight is 420 g/mol. The van der Waals surface area contributed by atoms with Crippen molar-refractivity contribution in [2.45, 2.75) is 24.7 Å². The fourth-order valence-corrected chi connectivity index (χ4v) is 4.42. The van der Waals surface area contributed by atoms with E-state index in [1.807, 2.05) is 11.8 Å². The maximum absolute atomic E-state index is 14.0. The number of anilines is 1. The van der Waals surface area contributed by atoms with E-state index in [1.54, 1.807) is 35.2 Å². The summed E-state index contributed by atoms with van der Waals surface area (Å²) in [7, 11) is -3.64. The van der Waals surface area contributed by atoms with E-state index in [9.17, 15) is 17.6 Å². The number of sulfonamides is 1. The van der Waals surface area contributed by atoms with E-state index in [2.05, 4.69) is 4.72 Å². The van der Waals surface area contributed by atoms with Gasteiger partial charge in [0.1, 0.15) is 5.82 Å². The predicted molar refractivity (Wildman–Crippen MR) is 111 cm³/mol. The highest BCUT2D eigenvalue weighted by atomic mass is 32.2. The molecule has 0 unspecified atom stereocenters. The predicted octanol–water partition coefficient (Wildman–Crippen LogP) is 2.87. The number of amides is 1. The second-order valence-corrected chi connectivity index (χ2v) is 8.78. The van der Waals surface area contributed by atoms with Gasteiger partial charge in [-0.3, -0.25) is 4.79 Å². The molecule has 0 aromatic heterocycles. The summed E-state index contributed by atoms with van der Waals surface area (Å²) in [5.41, 5.74) is 0.869. The zero-order valence-corrected chi connectivity index (χ0v) is 17.3. The quantitative estimate of drug-likeness (QED) is 0.701. The molecule has 2 aromatic rings. The zero-order chi connectivity index (χ0) is 20.9. The molecule has 1 amide bonds. The maximum Gasteiger partial charge on any atom is 0.254 e. The summed E-state index contributed by atoms with van der Waals surface area (Å²) >= 11 is 0. The number of rotatable bonds is 7. The van der Waals surface area contributed by atoms with Crippen LogP contribution in [0.2, 0.25) is 0 Å². The van der Waals surface area contributed by atoms with Crippen LogP contribution in [0.5, 0.6) is 0 Å². The molecule has 0 aliphatic carbocycles. The monoisotopic (exact) mass is 419 g/mol. The first-order valence-electron chi connectivity index (χ1n) is 9.81. The third-order valence-corrected chi connectivity index (χ3v) is 6.43. The first-order valence-corrected chi connectivity index (χ1v) is 11.3. The van der Waals surface area contributed by atoms with Crippen LogP contribution in [-0.2, 0) is 10.0 Å². The number of unbranched alkanes of at least 4 members (excludes halogenated alkanes) is 1. The second-order valence-electron chi connectivity index (χ2n) is 7.01. The number of hydrogen-bond donors (Lipinski definition) is 1. The Morgan fingerprint density at radius 1 is 1.07 bits per heavy atom. The van der Waals surface area contributed by atoms with Gasteiger partial charge in [-0.15, -0.1) is 0 Å². The molecule has 1 aliphatic rings. The normalized spacial score (nSPS) is 14.8. The summed E-state index contributed by atoms with van der Waals surface area (Å²) in [4.78, 5) is 16.5. The van der Waals surface area contributed by atoms with Gasteiger partial charge in [0, 0.05) is 38.3 Å². The molecule has 0 bridgehead atoms. The highest BCUT2D eigenvalue weighted by Gasteiger charge is 2.24. The van der Waals surface area contributed by atoms with Gasteiger partial charge >= 0.3 is 0 Å². The van der Waals surface area contributed by atoms with Crippen molar-refractivity contribution in [3.8, 4) is 0 Å². The lowest BCUT2D eigenvalue weighted by molar-refractivity contribution is 0.0746. The largest absolute Gasteiger partial charge is 0.366 e. The smallest absolute Gasteiger partial charge is 0.254 e. The molecular formula is C21H26FN3O3S. The summed E-state index contributed by atoms with van der Waals surface area (Å²) < 4.78 is 41.4. The van der Waals surface area contributed by atoms with Crippen LogP contribution in [0.3, 0.4) is 0 Å². The Morgan fingerprint density at radius 2 is 1.79 bits per heavy atom. The molecule has 0 spiro atoms. The number of nitrogens with zero attached hydrogens (tertiary/aromatic N) is 2. The average Bonchev–Trinajstić information content (AvgIpc) is 2.74. The summed E-state index contributed by atoms with van der Waals surface area (Å²) in [5, 5.41) is 0. The molecule has 8 heteroatoms. The fourth-order valence-electron chi connectivity index (χ4n) is 3.30. The lowest BCUT2D eigenvalue weighted by Gasteiger charge is -2.36. The molecular weight excluding hydrogens is 393 g/mol. The topological polar surface area (TPSA) is 69.7 Å². The Kier molecular flexibility index (Phi) is 6.87. The molecule has 2 aromatic carbocycles. The van der Waals surface area contributed by atoms with Crippen molar-refractivity contribution in [3.05, 3.63) is 59.9 Å². The third-order valence-electron chi connectivity index (χ3n) is 4.97. The highest BCUT2D eigenvalue weighted by molar-refractivity contribution is 7.89. The summed E-state index contributed by atoms with van der Waals surface area (Å²) in [5.74, 6) is -0.496. The van der Waals surface area contributed by atoms with Gasteiger partial charge in [-0.1, -0.05) is 31.5 Å². The summed E-state index contributed by atoms with van der Waals surface area (Å²) in [6.45, 7) is 4.28. The number of para-hydroxylation sites is 1.